The molecule has 0 spiro atoms. The van der Waals surface area contributed by atoms with Gasteiger partial charge in [-0.25, -0.2) is 0 Å². The van der Waals surface area contributed by atoms with Gasteiger partial charge in [-0.3, -0.25) is 0 Å². The maximum Gasteiger partial charge on any atom is 0.0431 e. The summed E-state index contributed by atoms with van der Waals surface area (Å²) in [7, 11) is 0. The van der Waals surface area contributed by atoms with E-state index in [1.807, 2.05) is 0 Å². The minimum atomic E-state index is 0.340. The fraction of sp³-hybridized carbons (Fsp3) is 0.857. The number of aliphatic hydroxyl groups is 1. The molecule has 0 heterocycles. The molecule has 2 bridgehead atoms. The predicted octanol–water partition coefficient (Wildman–Crippen LogP) is 2.34. The Kier molecular flexibility index (Phi) is 4.42. The summed E-state index contributed by atoms with van der Waals surface area (Å²) in [5.41, 5.74) is 0. The molecular weight excluding hydrogens is 198 g/mol. The molecule has 16 heavy (non-hydrogen) atoms. The van der Waals surface area contributed by atoms with Crippen molar-refractivity contribution in [3.05, 3.63) is 12.2 Å². The van der Waals surface area contributed by atoms with Crippen LogP contribution in [0.2, 0.25) is 0 Å². The third-order valence-corrected chi connectivity index (χ3v) is 4.27. The van der Waals surface area contributed by atoms with Crippen molar-refractivity contribution >= 4 is 0 Å². The molecule has 0 aromatic rings. The molecule has 2 aliphatic rings. The van der Waals surface area contributed by atoms with E-state index in [9.17, 15) is 0 Å². The third kappa shape index (κ3) is 2.86. The van der Waals surface area contributed by atoms with Crippen LogP contribution in [0.1, 0.15) is 39.0 Å². The van der Waals surface area contributed by atoms with E-state index in [0.29, 0.717) is 12.6 Å². The highest BCUT2D eigenvalue weighted by atomic mass is 16.2. The lowest BCUT2D eigenvalue weighted by Gasteiger charge is -2.26. The Bertz CT molecular complexity index is 239. The molecule has 4 atom stereocenters. The number of nitrogens with one attached hydrogen (secondary N) is 1. The zero-order valence-electron chi connectivity index (χ0n) is 10.4. The predicted molar refractivity (Wildman–Crippen MR) is 67.2 cm³/mol. The van der Waals surface area contributed by atoms with E-state index >= 15 is 0 Å². The second kappa shape index (κ2) is 5.83. The minimum absolute atomic E-state index is 0.340. The first-order valence-electron chi connectivity index (χ1n) is 6.84. The lowest BCUT2D eigenvalue weighted by atomic mass is 9.87. The van der Waals surface area contributed by atoms with Gasteiger partial charge in [-0.1, -0.05) is 12.2 Å². The highest BCUT2D eigenvalue weighted by Gasteiger charge is 2.38. The van der Waals surface area contributed by atoms with Crippen molar-refractivity contribution in [3.8, 4) is 0 Å². The molecule has 0 aromatic heterocycles. The number of allylic oxidation sites excluding steroid dienone is 2. The number of unbranched alkanes of at least 4 members (excludes halogenated alkanes) is 2. The van der Waals surface area contributed by atoms with E-state index in [2.05, 4.69) is 24.4 Å². The molecular formula is C14H25NO. The van der Waals surface area contributed by atoms with E-state index in [1.54, 1.807) is 0 Å². The third-order valence-electron chi connectivity index (χ3n) is 4.27. The molecule has 2 heteroatoms. The van der Waals surface area contributed by atoms with Crippen LogP contribution < -0.4 is 5.32 Å². The lowest BCUT2D eigenvalue weighted by Crippen LogP contribution is -2.36. The minimum Gasteiger partial charge on any atom is -0.396 e. The average Bonchev–Trinajstić information content (AvgIpc) is 2.90. The van der Waals surface area contributed by atoms with Crippen molar-refractivity contribution in [3.63, 3.8) is 0 Å². The van der Waals surface area contributed by atoms with Gasteiger partial charge < -0.3 is 10.4 Å². The van der Waals surface area contributed by atoms with Gasteiger partial charge in [0.15, 0.2) is 0 Å². The standard InChI is InChI=1S/C14H25NO/c1-11(15-7-3-2-4-8-16)14-10-12-5-6-13(14)9-12/h5-6,11-16H,2-4,7-10H2,1H3. The first-order valence-corrected chi connectivity index (χ1v) is 6.84. The molecule has 0 saturated heterocycles. The van der Waals surface area contributed by atoms with Crippen LogP contribution in [0.3, 0.4) is 0 Å². The fourth-order valence-corrected chi connectivity index (χ4v) is 3.29. The Labute approximate surface area is 99.1 Å². The van der Waals surface area contributed by atoms with Crippen LogP contribution in [0, 0.1) is 17.8 Å². The van der Waals surface area contributed by atoms with Gasteiger partial charge in [-0.2, -0.15) is 0 Å². The fourth-order valence-electron chi connectivity index (χ4n) is 3.29. The van der Waals surface area contributed by atoms with E-state index in [0.717, 1.165) is 37.1 Å². The molecule has 2 N–H and O–H groups in total. The maximum atomic E-state index is 8.69. The first kappa shape index (κ1) is 12.1. The van der Waals surface area contributed by atoms with E-state index in [4.69, 9.17) is 5.11 Å². The van der Waals surface area contributed by atoms with E-state index in [1.165, 1.54) is 19.3 Å². The normalized spacial score (nSPS) is 33.5. The zero-order valence-corrected chi connectivity index (χ0v) is 10.4. The van der Waals surface area contributed by atoms with Crippen molar-refractivity contribution in [1.29, 1.82) is 0 Å². The average molecular weight is 223 g/mol. The summed E-state index contributed by atoms with van der Waals surface area (Å²) in [5.74, 6) is 2.60. The number of aliphatic hydroxyl groups excluding tert-OH is 1. The van der Waals surface area contributed by atoms with Crippen molar-refractivity contribution in [2.45, 2.75) is 45.1 Å². The summed E-state index contributed by atoms with van der Waals surface area (Å²) < 4.78 is 0. The van der Waals surface area contributed by atoms with Gasteiger partial charge in [0.1, 0.15) is 0 Å². The quantitative estimate of drug-likeness (QED) is 0.513. The van der Waals surface area contributed by atoms with Gasteiger partial charge in [-0.05, 0) is 63.3 Å². The van der Waals surface area contributed by atoms with Crippen LogP contribution in [0.15, 0.2) is 12.2 Å². The second-order valence-electron chi connectivity index (χ2n) is 5.47. The monoisotopic (exact) mass is 223 g/mol. The molecule has 2 nitrogen and oxygen atoms in total. The van der Waals surface area contributed by atoms with Gasteiger partial charge in [-0.15, -0.1) is 0 Å². The van der Waals surface area contributed by atoms with Gasteiger partial charge in [0.05, 0.1) is 0 Å². The summed E-state index contributed by atoms with van der Waals surface area (Å²) in [6, 6.07) is 0.661. The topological polar surface area (TPSA) is 32.3 Å². The van der Waals surface area contributed by atoms with Crippen molar-refractivity contribution in [1.82, 2.24) is 5.32 Å². The van der Waals surface area contributed by atoms with Crippen LogP contribution in [0.4, 0.5) is 0 Å². The highest BCUT2D eigenvalue weighted by molar-refractivity contribution is 5.11. The second-order valence-corrected chi connectivity index (χ2v) is 5.47. The SMILES string of the molecule is CC(NCCCCCO)C1CC2C=CC1C2. The van der Waals surface area contributed by atoms with Crippen LogP contribution in [0.25, 0.3) is 0 Å². The van der Waals surface area contributed by atoms with Crippen molar-refractivity contribution in [2.75, 3.05) is 13.2 Å². The first-order chi connectivity index (χ1) is 7.81. The molecule has 2 aliphatic carbocycles. The molecule has 0 radical (unpaired) electrons. The van der Waals surface area contributed by atoms with Crippen LogP contribution in [0.5, 0.6) is 0 Å². The molecule has 1 fully saturated rings. The summed E-state index contributed by atoms with van der Waals surface area (Å²) in [5, 5.41) is 12.3. The molecule has 0 aliphatic heterocycles. The number of fused-ring (bicyclic) bond motifs is 2. The highest BCUT2D eigenvalue weighted by Crippen LogP contribution is 2.44. The Balaban J connectivity index is 1.61. The molecule has 4 unspecified atom stereocenters. The lowest BCUT2D eigenvalue weighted by molar-refractivity contribution is 0.280. The van der Waals surface area contributed by atoms with Crippen molar-refractivity contribution < 1.29 is 5.11 Å². The Morgan fingerprint density at radius 1 is 1.25 bits per heavy atom. The Morgan fingerprint density at radius 2 is 2.12 bits per heavy atom. The molecule has 2 rings (SSSR count). The molecule has 0 amide bonds. The van der Waals surface area contributed by atoms with Gasteiger partial charge in [0.2, 0.25) is 0 Å². The summed E-state index contributed by atoms with van der Waals surface area (Å²) >= 11 is 0. The smallest absolute Gasteiger partial charge is 0.0431 e. The summed E-state index contributed by atoms with van der Waals surface area (Å²) in [6.07, 6.45) is 10.9. The van der Waals surface area contributed by atoms with E-state index in [-0.39, 0.29) is 0 Å². The number of hydrogen-bond acceptors (Lipinski definition) is 2. The van der Waals surface area contributed by atoms with E-state index < -0.39 is 0 Å². The largest absolute Gasteiger partial charge is 0.396 e. The Morgan fingerprint density at radius 3 is 2.75 bits per heavy atom. The van der Waals surface area contributed by atoms with Gasteiger partial charge >= 0.3 is 0 Å². The molecule has 92 valence electrons. The maximum absolute atomic E-state index is 8.69. The summed E-state index contributed by atoms with van der Waals surface area (Å²) in [6.45, 7) is 3.79. The van der Waals surface area contributed by atoms with Gasteiger partial charge in [0.25, 0.3) is 0 Å². The number of hydrogen-bond donors (Lipinski definition) is 2. The van der Waals surface area contributed by atoms with Gasteiger partial charge in [0, 0.05) is 12.6 Å². The summed E-state index contributed by atoms with van der Waals surface area (Å²) in [4.78, 5) is 0. The Hall–Kier alpha value is -0.340. The van der Waals surface area contributed by atoms with Crippen molar-refractivity contribution in [2.24, 2.45) is 17.8 Å². The van der Waals surface area contributed by atoms with Crippen LogP contribution in [-0.2, 0) is 0 Å². The van der Waals surface area contributed by atoms with Crippen LogP contribution in [-0.4, -0.2) is 24.3 Å². The molecule has 0 aromatic carbocycles. The zero-order chi connectivity index (χ0) is 11.4. The van der Waals surface area contributed by atoms with Crippen LogP contribution >= 0.6 is 0 Å². The molecule has 1 saturated carbocycles. The number of rotatable bonds is 7.